The number of carbonyl (C=O) groups excluding carboxylic acids is 2. The third kappa shape index (κ3) is 4.55. The largest absolute Gasteiger partial charge is 0.450 e. The maximum absolute atomic E-state index is 12.5. The molecule has 2 saturated heterocycles. The first-order valence-electron chi connectivity index (χ1n) is 10.3. The highest BCUT2D eigenvalue weighted by molar-refractivity contribution is 7.14. The Labute approximate surface area is 174 Å². The third-order valence-corrected chi connectivity index (χ3v) is 6.23. The number of amides is 2. The number of nitrogens with one attached hydrogen (secondary N) is 2. The number of likely N-dealkylation sites (tertiary alicyclic amines) is 2. The van der Waals surface area contributed by atoms with Gasteiger partial charge >= 0.3 is 6.09 Å². The summed E-state index contributed by atoms with van der Waals surface area (Å²) in [6.45, 7) is 5.29. The van der Waals surface area contributed by atoms with Crippen LogP contribution in [-0.4, -0.2) is 70.6 Å². The fourth-order valence-corrected chi connectivity index (χ4v) is 4.62. The number of ether oxygens (including phenoxy) is 1. The fraction of sp³-hybridized carbons (Fsp3) is 0.550. The highest BCUT2D eigenvalue weighted by Crippen LogP contribution is 2.27. The second kappa shape index (κ2) is 8.86. The van der Waals surface area contributed by atoms with Crippen LogP contribution in [0.3, 0.4) is 0 Å². The van der Waals surface area contributed by atoms with Crippen LogP contribution in [0.2, 0.25) is 0 Å². The van der Waals surface area contributed by atoms with Gasteiger partial charge < -0.3 is 24.8 Å². The van der Waals surface area contributed by atoms with E-state index in [0.717, 1.165) is 55.2 Å². The molecule has 0 atom stereocenters. The van der Waals surface area contributed by atoms with Gasteiger partial charge in [0.2, 0.25) is 0 Å². The normalized spacial score (nSPS) is 17.6. The number of aromatic nitrogens is 2. The number of rotatable bonds is 5. The van der Waals surface area contributed by atoms with Crippen molar-refractivity contribution in [2.75, 3.05) is 38.1 Å². The average Bonchev–Trinajstić information content (AvgIpc) is 3.49. The van der Waals surface area contributed by atoms with Crippen LogP contribution in [0.4, 0.5) is 9.93 Å². The maximum Gasteiger partial charge on any atom is 0.409 e. The molecule has 0 bridgehead atoms. The van der Waals surface area contributed by atoms with Crippen molar-refractivity contribution in [1.82, 2.24) is 19.8 Å². The van der Waals surface area contributed by atoms with Gasteiger partial charge in [-0.25, -0.2) is 9.78 Å². The highest BCUT2D eigenvalue weighted by atomic mass is 32.1. The van der Waals surface area contributed by atoms with Gasteiger partial charge in [0.15, 0.2) is 5.13 Å². The Balaban J connectivity index is 1.32. The lowest BCUT2D eigenvalue weighted by Crippen LogP contribution is -2.42. The molecule has 0 saturated carbocycles. The van der Waals surface area contributed by atoms with E-state index in [1.165, 1.54) is 0 Å². The number of anilines is 1. The topological polar surface area (TPSA) is 90.6 Å². The molecule has 156 valence electrons. The van der Waals surface area contributed by atoms with Gasteiger partial charge in [-0.2, -0.15) is 0 Å². The highest BCUT2D eigenvalue weighted by Gasteiger charge is 2.24. The molecule has 2 aliphatic heterocycles. The monoisotopic (exact) mass is 417 g/mol. The van der Waals surface area contributed by atoms with Crippen LogP contribution in [0, 0.1) is 0 Å². The molecule has 4 rings (SSSR count). The van der Waals surface area contributed by atoms with Crippen LogP contribution in [0.25, 0.3) is 11.3 Å². The lowest BCUT2D eigenvalue weighted by Gasteiger charge is -2.31. The zero-order chi connectivity index (χ0) is 20.2. The molecule has 0 aromatic carbocycles. The second-order valence-corrected chi connectivity index (χ2v) is 8.30. The Morgan fingerprint density at radius 1 is 1.24 bits per heavy atom. The molecule has 0 spiro atoms. The van der Waals surface area contributed by atoms with Crippen molar-refractivity contribution in [1.29, 1.82) is 0 Å². The summed E-state index contributed by atoms with van der Waals surface area (Å²) in [5, 5.41) is 6.35. The lowest BCUT2D eigenvalue weighted by atomic mass is 10.1. The Bertz CT molecular complexity index is 850. The van der Waals surface area contributed by atoms with Gasteiger partial charge in [0.1, 0.15) is 5.69 Å². The molecule has 0 radical (unpaired) electrons. The predicted molar refractivity (Wildman–Crippen MR) is 112 cm³/mol. The number of aromatic amines is 1. The molecule has 4 heterocycles. The first-order chi connectivity index (χ1) is 14.1. The molecule has 2 aromatic rings. The van der Waals surface area contributed by atoms with Crippen molar-refractivity contribution in [3.63, 3.8) is 0 Å². The molecule has 0 aliphatic carbocycles. The standard InChI is InChI=1S/C20H27N5O3S/c1-2-28-20(27)25-9-5-15(6-10-25)22-19-23-17(13-29-19)14-11-16(21-12-14)18(26)24-7-3-4-8-24/h11-13,15,21H,2-10H2,1H3,(H,22,23). The number of H-pyrrole nitrogens is 1. The van der Waals surface area contributed by atoms with E-state index >= 15 is 0 Å². The number of hydrogen-bond donors (Lipinski definition) is 2. The van der Waals surface area contributed by atoms with Gasteiger partial charge in [0.05, 0.1) is 12.3 Å². The van der Waals surface area contributed by atoms with Crippen molar-refractivity contribution in [2.24, 2.45) is 0 Å². The molecule has 2 aromatic heterocycles. The number of nitrogens with zero attached hydrogens (tertiary/aromatic N) is 3. The van der Waals surface area contributed by atoms with E-state index in [4.69, 9.17) is 4.74 Å². The number of thiazole rings is 1. The minimum Gasteiger partial charge on any atom is -0.450 e. The Hall–Kier alpha value is -2.55. The second-order valence-electron chi connectivity index (χ2n) is 7.44. The number of carbonyl (C=O) groups is 2. The molecule has 8 nitrogen and oxygen atoms in total. The van der Waals surface area contributed by atoms with Gasteiger partial charge in [-0.05, 0) is 38.7 Å². The zero-order valence-corrected chi connectivity index (χ0v) is 17.5. The summed E-state index contributed by atoms with van der Waals surface area (Å²) in [6.07, 6.45) is 5.52. The minimum absolute atomic E-state index is 0.0655. The van der Waals surface area contributed by atoms with Crippen molar-refractivity contribution in [2.45, 2.75) is 38.6 Å². The van der Waals surface area contributed by atoms with Crippen LogP contribution in [0.1, 0.15) is 43.1 Å². The van der Waals surface area contributed by atoms with E-state index < -0.39 is 0 Å². The summed E-state index contributed by atoms with van der Waals surface area (Å²) < 4.78 is 5.06. The molecule has 9 heteroatoms. The summed E-state index contributed by atoms with van der Waals surface area (Å²) >= 11 is 1.56. The predicted octanol–water partition coefficient (Wildman–Crippen LogP) is 3.41. The molecular formula is C20H27N5O3S. The van der Waals surface area contributed by atoms with E-state index in [2.05, 4.69) is 15.3 Å². The van der Waals surface area contributed by atoms with Crippen LogP contribution in [0.5, 0.6) is 0 Å². The Kier molecular flexibility index (Phi) is 6.03. The summed E-state index contributed by atoms with van der Waals surface area (Å²) in [5.41, 5.74) is 2.41. The van der Waals surface area contributed by atoms with Crippen molar-refractivity contribution >= 4 is 28.5 Å². The van der Waals surface area contributed by atoms with Crippen molar-refractivity contribution < 1.29 is 14.3 Å². The molecule has 0 unspecified atom stereocenters. The van der Waals surface area contributed by atoms with Gasteiger partial charge in [0.25, 0.3) is 5.91 Å². The van der Waals surface area contributed by atoms with E-state index in [1.54, 1.807) is 16.2 Å². The first kappa shape index (κ1) is 19.8. The first-order valence-corrected chi connectivity index (χ1v) is 11.1. The average molecular weight is 418 g/mol. The van der Waals surface area contributed by atoms with E-state index in [1.807, 2.05) is 29.5 Å². The van der Waals surface area contributed by atoms with E-state index in [0.29, 0.717) is 31.4 Å². The molecule has 29 heavy (non-hydrogen) atoms. The smallest absolute Gasteiger partial charge is 0.409 e. The summed E-state index contributed by atoms with van der Waals surface area (Å²) in [7, 11) is 0. The summed E-state index contributed by atoms with van der Waals surface area (Å²) in [5.74, 6) is 0.0655. The van der Waals surface area contributed by atoms with Crippen LogP contribution in [0.15, 0.2) is 17.6 Å². The van der Waals surface area contributed by atoms with Gasteiger partial charge in [-0.3, -0.25) is 4.79 Å². The fourth-order valence-electron chi connectivity index (χ4n) is 3.82. The quantitative estimate of drug-likeness (QED) is 0.778. The van der Waals surface area contributed by atoms with Crippen molar-refractivity contribution in [3.8, 4) is 11.3 Å². The molecule has 2 amide bonds. The van der Waals surface area contributed by atoms with Gasteiger partial charge in [0, 0.05) is 49.4 Å². The Morgan fingerprint density at radius 3 is 2.72 bits per heavy atom. The summed E-state index contributed by atoms with van der Waals surface area (Å²) in [6, 6.07) is 2.18. The Morgan fingerprint density at radius 2 is 2.00 bits per heavy atom. The summed E-state index contributed by atoms with van der Waals surface area (Å²) in [4.78, 5) is 35.7. The number of hydrogen-bond acceptors (Lipinski definition) is 6. The van der Waals surface area contributed by atoms with E-state index in [9.17, 15) is 9.59 Å². The number of piperidine rings is 1. The molecule has 2 aliphatic rings. The van der Waals surface area contributed by atoms with Gasteiger partial charge in [-0.1, -0.05) is 0 Å². The molecule has 2 N–H and O–H groups in total. The maximum atomic E-state index is 12.5. The SMILES string of the molecule is CCOC(=O)N1CCC(Nc2nc(-c3c[nH]c(C(=O)N4CCCC4)c3)cs2)CC1. The third-order valence-electron chi connectivity index (χ3n) is 5.46. The molecule has 2 fully saturated rings. The van der Waals surface area contributed by atoms with Crippen LogP contribution >= 0.6 is 11.3 Å². The van der Waals surface area contributed by atoms with E-state index in [-0.39, 0.29) is 12.0 Å². The zero-order valence-electron chi connectivity index (χ0n) is 16.6. The van der Waals surface area contributed by atoms with Gasteiger partial charge in [-0.15, -0.1) is 11.3 Å². The molecular weight excluding hydrogens is 390 g/mol. The minimum atomic E-state index is -0.228. The van der Waals surface area contributed by atoms with Crippen LogP contribution in [-0.2, 0) is 4.74 Å². The lowest BCUT2D eigenvalue weighted by molar-refractivity contribution is 0.0787. The van der Waals surface area contributed by atoms with Crippen molar-refractivity contribution in [3.05, 3.63) is 23.3 Å². The van der Waals surface area contributed by atoms with Crippen LogP contribution < -0.4 is 5.32 Å².